The Morgan fingerprint density at radius 3 is 2.95 bits per heavy atom. The van der Waals surface area contributed by atoms with Crippen LogP contribution in [0.5, 0.6) is 5.75 Å². The maximum atomic E-state index is 12.0. The number of hydrogen-bond donors (Lipinski definition) is 3. The van der Waals surface area contributed by atoms with Crippen molar-refractivity contribution in [1.29, 1.82) is 0 Å². The van der Waals surface area contributed by atoms with Crippen molar-refractivity contribution in [3.05, 3.63) is 53.3 Å². The maximum absolute atomic E-state index is 12.0. The number of nitrogens with one attached hydrogen (secondary N) is 1. The van der Waals surface area contributed by atoms with E-state index in [1.54, 1.807) is 18.5 Å². The number of benzene rings is 1. The van der Waals surface area contributed by atoms with Gasteiger partial charge in [-0.1, -0.05) is 6.07 Å². The lowest BCUT2D eigenvalue weighted by Gasteiger charge is -2.09. The second-order valence-electron chi connectivity index (χ2n) is 4.23. The van der Waals surface area contributed by atoms with Gasteiger partial charge in [0.2, 0.25) is 0 Å². The highest BCUT2D eigenvalue weighted by atomic mass is 16.3. The van der Waals surface area contributed by atoms with Crippen molar-refractivity contribution in [1.82, 2.24) is 10.3 Å². The van der Waals surface area contributed by atoms with Gasteiger partial charge < -0.3 is 16.2 Å². The predicted octanol–water partition coefficient (Wildman–Crippen LogP) is 1.61. The molecule has 1 aromatic carbocycles. The number of para-hydroxylation sites is 1. The van der Waals surface area contributed by atoms with Gasteiger partial charge in [0, 0.05) is 18.9 Å². The molecule has 0 saturated carbocycles. The minimum Gasteiger partial charge on any atom is -0.505 e. The zero-order chi connectivity index (χ0) is 13.8. The van der Waals surface area contributed by atoms with Crippen LogP contribution in [0.3, 0.4) is 0 Å². The molecular weight excluding hydrogens is 242 g/mol. The number of rotatable bonds is 3. The van der Waals surface area contributed by atoms with Crippen LogP contribution in [0.2, 0.25) is 0 Å². The Hall–Kier alpha value is -2.56. The SMILES string of the molecule is Cc1ccncc1CNC(=O)c1cccc(N)c1O. The Kier molecular flexibility index (Phi) is 3.66. The molecular formula is C14H15N3O2. The van der Waals surface area contributed by atoms with E-state index in [1.165, 1.54) is 12.1 Å². The molecule has 0 atom stereocenters. The minimum absolute atomic E-state index is 0.168. The fourth-order valence-corrected chi connectivity index (χ4v) is 1.70. The Morgan fingerprint density at radius 1 is 1.42 bits per heavy atom. The van der Waals surface area contributed by atoms with Gasteiger partial charge in [0.1, 0.15) is 0 Å². The van der Waals surface area contributed by atoms with Crippen LogP contribution in [0.15, 0.2) is 36.7 Å². The lowest BCUT2D eigenvalue weighted by molar-refractivity contribution is 0.0948. The smallest absolute Gasteiger partial charge is 0.255 e. The summed E-state index contributed by atoms with van der Waals surface area (Å²) in [6.45, 7) is 2.30. The van der Waals surface area contributed by atoms with E-state index in [-0.39, 0.29) is 22.9 Å². The van der Waals surface area contributed by atoms with Crippen LogP contribution in [0.25, 0.3) is 0 Å². The summed E-state index contributed by atoms with van der Waals surface area (Å²) in [5.41, 5.74) is 7.88. The molecule has 1 amide bonds. The van der Waals surface area contributed by atoms with E-state index in [1.807, 2.05) is 13.0 Å². The van der Waals surface area contributed by atoms with Crippen LogP contribution < -0.4 is 11.1 Å². The number of aromatic hydroxyl groups is 1. The van der Waals surface area contributed by atoms with Gasteiger partial charge in [-0.25, -0.2) is 0 Å². The van der Waals surface area contributed by atoms with Crippen molar-refractivity contribution >= 4 is 11.6 Å². The summed E-state index contributed by atoms with van der Waals surface area (Å²) in [6, 6.07) is 6.56. The lowest BCUT2D eigenvalue weighted by Crippen LogP contribution is -2.23. The van der Waals surface area contributed by atoms with Crippen molar-refractivity contribution in [3.63, 3.8) is 0 Å². The van der Waals surface area contributed by atoms with E-state index in [0.29, 0.717) is 6.54 Å². The number of pyridine rings is 1. The number of aromatic nitrogens is 1. The molecule has 0 aliphatic heterocycles. The number of carbonyl (C=O) groups excluding carboxylic acids is 1. The summed E-state index contributed by atoms with van der Waals surface area (Å²) in [4.78, 5) is 16.0. The number of aryl methyl sites for hydroxylation is 1. The van der Waals surface area contributed by atoms with Gasteiger partial charge in [-0.3, -0.25) is 9.78 Å². The first kappa shape index (κ1) is 12.9. The van der Waals surface area contributed by atoms with Gasteiger partial charge in [-0.2, -0.15) is 0 Å². The Balaban J connectivity index is 2.10. The van der Waals surface area contributed by atoms with E-state index in [4.69, 9.17) is 5.73 Å². The molecule has 1 heterocycles. The highest BCUT2D eigenvalue weighted by molar-refractivity contribution is 5.98. The molecule has 0 unspecified atom stereocenters. The summed E-state index contributed by atoms with van der Waals surface area (Å²) in [6.07, 6.45) is 3.40. The van der Waals surface area contributed by atoms with Crippen molar-refractivity contribution in [2.75, 3.05) is 5.73 Å². The van der Waals surface area contributed by atoms with Gasteiger partial charge in [0.15, 0.2) is 5.75 Å². The maximum Gasteiger partial charge on any atom is 0.255 e. The van der Waals surface area contributed by atoms with Crippen LogP contribution in [0, 0.1) is 6.92 Å². The van der Waals surface area contributed by atoms with Crippen LogP contribution >= 0.6 is 0 Å². The largest absolute Gasteiger partial charge is 0.505 e. The minimum atomic E-state index is -0.368. The number of nitrogens with zero attached hydrogens (tertiary/aromatic N) is 1. The van der Waals surface area contributed by atoms with Gasteiger partial charge >= 0.3 is 0 Å². The number of nitrogens with two attached hydrogens (primary N) is 1. The van der Waals surface area contributed by atoms with E-state index < -0.39 is 0 Å². The molecule has 98 valence electrons. The summed E-state index contributed by atoms with van der Waals surface area (Å²) < 4.78 is 0. The molecule has 0 aliphatic rings. The number of anilines is 1. The molecule has 1 aromatic heterocycles. The van der Waals surface area contributed by atoms with Crippen LogP contribution in [-0.4, -0.2) is 16.0 Å². The molecule has 19 heavy (non-hydrogen) atoms. The molecule has 4 N–H and O–H groups in total. The molecule has 0 aliphatic carbocycles. The Morgan fingerprint density at radius 2 is 2.21 bits per heavy atom. The number of carbonyl (C=O) groups is 1. The number of amides is 1. The summed E-state index contributed by atoms with van der Waals surface area (Å²) in [5.74, 6) is -0.559. The first-order valence-electron chi connectivity index (χ1n) is 5.84. The quantitative estimate of drug-likeness (QED) is 0.575. The van der Waals surface area contributed by atoms with Crippen molar-refractivity contribution in [3.8, 4) is 5.75 Å². The first-order valence-corrected chi connectivity index (χ1v) is 5.84. The standard InChI is InChI=1S/C14H15N3O2/c1-9-5-6-16-7-10(9)8-17-14(19)11-3-2-4-12(15)13(11)18/h2-7,18H,8,15H2,1H3,(H,17,19). The Bertz CT molecular complexity index is 611. The fraction of sp³-hybridized carbons (Fsp3) is 0.143. The zero-order valence-corrected chi connectivity index (χ0v) is 10.6. The van der Waals surface area contributed by atoms with Gasteiger partial charge in [0.25, 0.3) is 5.91 Å². The van der Waals surface area contributed by atoms with Crippen molar-refractivity contribution in [2.45, 2.75) is 13.5 Å². The van der Waals surface area contributed by atoms with E-state index in [9.17, 15) is 9.90 Å². The van der Waals surface area contributed by atoms with Crippen molar-refractivity contribution in [2.24, 2.45) is 0 Å². The Labute approximate surface area is 111 Å². The van der Waals surface area contributed by atoms with Gasteiger partial charge in [-0.05, 0) is 36.2 Å². The zero-order valence-electron chi connectivity index (χ0n) is 10.6. The second kappa shape index (κ2) is 5.39. The predicted molar refractivity (Wildman–Crippen MR) is 72.7 cm³/mol. The summed E-state index contributed by atoms with van der Waals surface area (Å²) in [7, 11) is 0. The van der Waals surface area contributed by atoms with Crippen LogP contribution in [0.1, 0.15) is 21.5 Å². The first-order chi connectivity index (χ1) is 9.09. The number of hydrogen-bond acceptors (Lipinski definition) is 4. The average Bonchev–Trinajstić information content (AvgIpc) is 2.40. The average molecular weight is 257 g/mol. The van der Waals surface area contributed by atoms with Crippen LogP contribution in [0.4, 0.5) is 5.69 Å². The number of nitrogen functional groups attached to an aromatic ring is 1. The molecule has 5 heteroatoms. The molecule has 5 nitrogen and oxygen atoms in total. The molecule has 0 saturated heterocycles. The highest BCUT2D eigenvalue weighted by Gasteiger charge is 2.12. The summed E-state index contributed by atoms with van der Waals surface area (Å²) >= 11 is 0. The third kappa shape index (κ3) is 2.82. The molecule has 2 rings (SSSR count). The fourth-order valence-electron chi connectivity index (χ4n) is 1.70. The van der Waals surface area contributed by atoms with E-state index in [0.717, 1.165) is 11.1 Å². The molecule has 0 radical (unpaired) electrons. The van der Waals surface area contributed by atoms with Crippen LogP contribution in [-0.2, 0) is 6.54 Å². The second-order valence-corrected chi connectivity index (χ2v) is 4.23. The normalized spacial score (nSPS) is 10.2. The van der Waals surface area contributed by atoms with E-state index >= 15 is 0 Å². The third-order valence-electron chi connectivity index (χ3n) is 2.90. The molecule has 0 spiro atoms. The van der Waals surface area contributed by atoms with E-state index in [2.05, 4.69) is 10.3 Å². The highest BCUT2D eigenvalue weighted by Crippen LogP contribution is 2.24. The molecule has 0 bridgehead atoms. The lowest BCUT2D eigenvalue weighted by atomic mass is 10.1. The molecule has 0 fully saturated rings. The molecule has 2 aromatic rings. The topological polar surface area (TPSA) is 88.2 Å². The monoisotopic (exact) mass is 257 g/mol. The number of phenolic OH excluding ortho intramolecular Hbond substituents is 1. The van der Waals surface area contributed by atoms with Gasteiger partial charge in [0.05, 0.1) is 11.3 Å². The number of phenols is 1. The third-order valence-corrected chi connectivity index (χ3v) is 2.90. The van der Waals surface area contributed by atoms with Crippen molar-refractivity contribution < 1.29 is 9.90 Å². The van der Waals surface area contributed by atoms with Gasteiger partial charge in [-0.15, -0.1) is 0 Å². The summed E-state index contributed by atoms with van der Waals surface area (Å²) in [5, 5.41) is 12.5.